The van der Waals surface area contributed by atoms with Crippen molar-refractivity contribution in [2.75, 3.05) is 23.9 Å². The number of nitrogens with one attached hydrogen (secondary N) is 1. The molecule has 1 aliphatic carbocycles. The molecule has 0 saturated heterocycles. The molecule has 178 valence electrons. The lowest BCUT2D eigenvalue weighted by Gasteiger charge is -2.22. The van der Waals surface area contributed by atoms with Gasteiger partial charge in [0.1, 0.15) is 0 Å². The van der Waals surface area contributed by atoms with Crippen LogP contribution in [0.25, 0.3) is 11.3 Å². The van der Waals surface area contributed by atoms with Crippen molar-refractivity contribution in [1.82, 2.24) is 4.98 Å². The van der Waals surface area contributed by atoms with Crippen molar-refractivity contribution < 1.29 is 14.3 Å². The number of aromatic nitrogens is 1. The van der Waals surface area contributed by atoms with E-state index in [0.717, 1.165) is 17.7 Å². The van der Waals surface area contributed by atoms with Crippen molar-refractivity contribution in [3.8, 4) is 11.3 Å². The maximum Gasteiger partial charge on any atom is 0.339 e. The van der Waals surface area contributed by atoms with Crippen molar-refractivity contribution in [3.63, 3.8) is 0 Å². The Morgan fingerprint density at radius 2 is 1.82 bits per heavy atom. The molecule has 34 heavy (non-hydrogen) atoms. The van der Waals surface area contributed by atoms with E-state index < -0.39 is 5.97 Å². The second-order valence-corrected chi connectivity index (χ2v) is 9.43. The van der Waals surface area contributed by atoms with Gasteiger partial charge in [0.15, 0.2) is 5.13 Å². The van der Waals surface area contributed by atoms with E-state index in [2.05, 4.69) is 29.6 Å². The number of hydrogen-bond donors (Lipinski definition) is 1. The summed E-state index contributed by atoms with van der Waals surface area (Å²) in [6, 6.07) is 15.2. The summed E-state index contributed by atoms with van der Waals surface area (Å²) in [5, 5.41) is 5.47. The Morgan fingerprint density at radius 3 is 2.53 bits per heavy atom. The molecule has 0 radical (unpaired) electrons. The lowest BCUT2D eigenvalue weighted by molar-refractivity contribution is 0.0602. The van der Waals surface area contributed by atoms with Crippen molar-refractivity contribution in [3.05, 3.63) is 65.0 Å². The molecule has 0 atom stereocenters. The highest BCUT2D eigenvalue weighted by molar-refractivity contribution is 7.14. The van der Waals surface area contributed by atoms with Crippen LogP contribution >= 0.6 is 11.3 Å². The summed E-state index contributed by atoms with van der Waals surface area (Å²) >= 11 is 1.44. The number of carbonyl (C=O) groups excluding carboxylic acids is 2. The summed E-state index contributed by atoms with van der Waals surface area (Å²) < 4.78 is 4.84. The monoisotopic (exact) mass is 477 g/mol. The molecule has 7 heteroatoms. The fraction of sp³-hybridized carbons (Fsp3) is 0.370. The molecular formula is C27H31N3O3S. The van der Waals surface area contributed by atoms with Gasteiger partial charge >= 0.3 is 12.0 Å². The third-order valence-corrected chi connectivity index (χ3v) is 7.14. The van der Waals surface area contributed by atoms with Crippen molar-refractivity contribution >= 4 is 34.2 Å². The Balaban J connectivity index is 1.51. The molecule has 1 heterocycles. The normalized spacial score (nSPS) is 13.9. The standard InChI is InChI=1S/C27H31N3O3S/c1-3-17-30(26(32)28-23-12-8-7-11-22(23)25(31)33-2)27-29-24(18-34-27)21-15-13-20(14-16-21)19-9-5-4-6-10-19/h7-8,11-16,18-19H,3-6,9-10,17H2,1-2H3,(H,28,32). The van der Waals surface area contributed by atoms with Crippen LogP contribution in [-0.4, -0.2) is 30.6 Å². The van der Waals surface area contributed by atoms with E-state index >= 15 is 0 Å². The highest BCUT2D eigenvalue weighted by Crippen LogP contribution is 2.34. The highest BCUT2D eigenvalue weighted by atomic mass is 32.1. The molecule has 1 aromatic heterocycles. The third-order valence-electron chi connectivity index (χ3n) is 6.27. The molecule has 1 N–H and O–H groups in total. The van der Waals surface area contributed by atoms with Crippen LogP contribution in [0.3, 0.4) is 0 Å². The topological polar surface area (TPSA) is 71.5 Å². The number of amides is 2. The number of hydrogen-bond acceptors (Lipinski definition) is 5. The highest BCUT2D eigenvalue weighted by Gasteiger charge is 2.22. The third kappa shape index (κ3) is 5.47. The van der Waals surface area contributed by atoms with Crippen LogP contribution in [0, 0.1) is 0 Å². The lowest BCUT2D eigenvalue weighted by Crippen LogP contribution is -2.36. The van der Waals surface area contributed by atoms with E-state index in [0.29, 0.717) is 28.8 Å². The predicted octanol–water partition coefficient (Wildman–Crippen LogP) is 7.09. The zero-order chi connectivity index (χ0) is 23.9. The van der Waals surface area contributed by atoms with Crippen LogP contribution in [-0.2, 0) is 4.74 Å². The summed E-state index contributed by atoms with van der Waals surface area (Å²) in [5.41, 5.74) is 4.05. The van der Waals surface area contributed by atoms with E-state index in [1.807, 2.05) is 12.3 Å². The van der Waals surface area contributed by atoms with Crippen LogP contribution in [0.5, 0.6) is 0 Å². The fourth-order valence-corrected chi connectivity index (χ4v) is 5.31. The number of thiazole rings is 1. The molecular weight excluding hydrogens is 446 g/mol. The van der Waals surface area contributed by atoms with Gasteiger partial charge in [0.05, 0.1) is 24.1 Å². The second kappa shape index (κ2) is 11.3. The van der Waals surface area contributed by atoms with Crippen LogP contribution in [0.1, 0.15) is 67.3 Å². The summed E-state index contributed by atoms with van der Waals surface area (Å²) in [6.45, 7) is 2.53. The zero-order valence-electron chi connectivity index (χ0n) is 19.8. The number of para-hydroxylation sites is 1. The Bertz CT molecular complexity index is 1120. The molecule has 0 bridgehead atoms. The van der Waals surface area contributed by atoms with Crippen LogP contribution in [0.4, 0.5) is 15.6 Å². The van der Waals surface area contributed by atoms with Crippen LogP contribution in [0.2, 0.25) is 0 Å². The van der Waals surface area contributed by atoms with Gasteiger partial charge in [0.25, 0.3) is 0 Å². The molecule has 2 aromatic carbocycles. The first-order chi connectivity index (χ1) is 16.6. The van der Waals surface area contributed by atoms with Crippen LogP contribution < -0.4 is 10.2 Å². The van der Waals surface area contributed by atoms with E-state index in [4.69, 9.17) is 9.72 Å². The number of benzene rings is 2. The number of urea groups is 1. The van der Waals surface area contributed by atoms with E-state index in [-0.39, 0.29) is 6.03 Å². The Hall–Kier alpha value is -3.19. The average molecular weight is 478 g/mol. The number of carbonyl (C=O) groups is 2. The summed E-state index contributed by atoms with van der Waals surface area (Å²) in [6.07, 6.45) is 7.33. The smallest absolute Gasteiger partial charge is 0.339 e. The quantitative estimate of drug-likeness (QED) is 0.369. The van der Waals surface area contributed by atoms with E-state index in [1.54, 1.807) is 29.2 Å². The maximum absolute atomic E-state index is 13.2. The molecule has 2 amide bonds. The van der Waals surface area contributed by atoms with Gasteiger partial charge in [-0.2, -0.15) is 0 Å². The molecule has 1 saturated carbocycles. The zero-order valence-corrected chi connectivity index (χ0v) is 20.6. The van der Waals surface area contributed by atoms with Crippen molar-refractivity contribution in [1.29, 1.82) is 0 Å². The largest absolute Gasteiger partial charge is 0.465 e. The van der Waals surface area contributed by atoms with Crippen LogP contribution in [0.15, 0.2) is 53.9 Å². The molecule has 1 fully saturated rings. The first kappa shape index (κ1) is 24.0. The van der Waals surface area contributed by atoms with Gasteiger partial charge in [-0.1, -0.05) is 62.6 Å². The maximum atomic E-state index is 13.2. The molecule has 0 spiro atoms. The average Bonchev–Trinajstić information content (AvgIpc) is 3.37. The first-order valence-corrected chi connectivity index (χ1v) is 12.8. The van der Waals surface area contributed by atoms with Gasteiger partial charge in [0.2, 0.25) is 0 Å². The number of anilines is 2. The molecule has 0 unspecified atom stereocenters. The van der Waals surface area contributed by atoms with E-state index in [9.17, 15) is 9.59 Å². The van der Waals surface area contributed by atoms with Crippen molar-refractivity contribution in [2.45, 2.75) is 51.4 Å². The molecule has 0 aliphatic heterocycles. The summed E-state index contributed by atoms with van der Waals surface area (Å²) in [5.74, 6) is 0.177. The predicted molar refractivity (Wildman–Crippen MR) is 138 cm³/mol. The number of ether oxygens (including phenoxy) is 1. The molecule has 4 rings (SSSR count). The number of nitrogens with zero attached hydrogens (tertiary/aromatic N) is 2. The summed E-state index contributed by atoms with van der Waals surface area (Å²) in [4.78, 5) is 31.6. The first-order valence-electron chi connectivity index (χ1n) is 11.9. The molecule has 6 nitrogen and oxygen atoms in total. The van der Waals surface area contributed by atoms with Gasteiger partial charge in [-0.25, -0.2) is 14.6 Å². The second-order valence-electron chi connectivity index (χ2n) is 8.59. The number of methoxy groups -OCH3 is 1. The van der Waals surface area contributed by atoms with Gasteiger partial charge in [0, 0.05) is 17.5 Å². The fourth-order valence-electron chi connectivity index (χ4n) is 4.45. The lowest BCUT2D eigenvalue weighted by atomic mass is 9.84. The summed E-state index contributed by atoms with van der Waals surface area (Å²) in [7, 11) is 1.32. The van der Waals surface area contributed by atoms with Crippen molar-refractivity contribution in [2.24, 2.45) is 0 Å². The van der Waals surface area contributed by atoms with Gasteiger partial charge in [-0.3, -0.25) is 4.90 Å². The number of esters is 1. The molecule has 3 aromatic rings. The Kier molecular flexibility index (Phi) is 7.95. The van der Waals surface area contributed by atoms with Gasteiger partial charge in [-0.15, -0.1) is 11.3 Å². The van der Waals surface area contributed by atoms with E-state index in [1.165, 1.54) is 56.1 Å². The minimum atomic E-state index is -0.494. The minimum Gasteiger partial charge on any atom is -0.465 e. The Labute approximate surface area is 205 Å². The van der Waals surface area contributed by atoms with Gasteiger partial charge in [-0.05, 0) is 42.9 Å². The van der Waals surface area contributed by atoms with Gasteiger partial charge < -0.3 is 10.1 Å². The minimum absolute atomic E-state index is 0.313. The number of rotatable bonds is 7. The molecule has 1 aliphatic rings. The Morgan fingerprint density at radius 1 is 1.09 bits per heavy atom. The SMILES string of the molecule is CCCN(C(=O)Nc1ccccc1C(=O)OC)c1nc(-c2ccc(C3CCCCC3)cc2)cs1.